The van der Waals surface area contributed by atoms with Gasteiger partial charge in [-0.05, 0) is 24.1 Å². The van der Waals surface area contributed by atoms with Crippen LogP contribution in [0.2, 0.25) is 0 Å². The van der Waals surface area contributed by atoms with E-state index in [1.807, 2.05) is 12.4 Å². The molecule has 0 bridgehead atoms. The van der Waals surface area contributed by atoms with Crippen molar-refractivity contribution in [1.82, 2.24) is 14.5 Å². The predicted octanol–water partition coefficient (Wildman–Crippen LogP) is 2.47. The molecule has 106 valence electrons. The molecule has 0 amide bonds. The Kier molecular flexibility index (Phi) is 3.92. The number of nitrogens with two attached hydrogens (primary N) is 1. The van der Waals surface area contributed by atoms with Crippen LogP contribution in [0.5, 0.6) is 0 Å². The molecule has 5 heteroatoms. The first kappa shape index (κ1) is 13.8. The van der Waals surface area contributed by atoms with Crippen molar-refractivity contribution in [3.05, 3.63) is 52.0 Å². The van der Waals surface area contributed by atoms with E-state index in [0.29, 0.717) is 6.54 Å². The monoisotopic (exact) mass is 334 g/mol. The molecule has 0 spiro atoms. The van der Waals surface area contributed by atoms with Gasteiger partial charge in [0, 0.05) is 42.5 Å². The summed E-state index contributed by atoms with van der Waals surface area (Å²) in [6, 6.07) is 6.75. The summed E-state index contributed by atoms with van der Waals surface area (Å²) in [6.45, 7) is 5.61. The molecule has 0 radical (unpaired) electrons. The first-order valence-electron chi connectivity index (χ1n) is 6.89. The lowest BCUT2D eigenvalue weighted by Gasteiger charge is -2.34. The zero-order chi connectivity index (χ0) is 14.1. The fourth-order valence-electron chi connectivity index (χ4n) is 2.83. The van der Waals surface area contributed by atoms with Crippen molar-refractivity contribution in [2.75, 3.05) is 13.1 Å². The normalized spacial score (nSPS) is 16.9. The van der Waals surface area contributed by atoms with Crippen LogP contribution in [0.15, 0.2) is 35.1 Å². The second-order valence-corrected chi connectivity index (χ2v) is 6.12. The van der Waals surface area contributed by atoms with E-state index in [4.69, 9.17) is 5.73 Å². The van der Waals surface area contributed by atoms with E-state index in [0.717, 1.165) is 29.9 Å². The lowest BCUT2D eigenvalue weighted by molar-refractivity contribution is 0.156. The highest BCUT2D eigenvalue weighted by atomic mass is 79.9. The highest BCUT2D eigenvalue weighted by Gasteiger charge is 2.24. The van der Waals surface area contributed by atoms with Gasteiger partial charge in [-0.25, -0.2) is 4.98 Å². The summed E-state index contributed by atoms with van der Waals surface area (Å²) in [5.74, 6) is 1.13. The van der Waals surface area contributed by atoms with Gasteiger partial charge in [0.15, 0.2) is 0 Å². The minimum Gasteiger partial charge on any atom is -0.333 e. The average molecular weight is 335 g/mol. The molecule has 1 atom stereocenters. The number of nitrogens with zero attached hydrogens (tertiary/aromatic N) is 3. The van der Waals surface area contributed by atoms with Crippen LogP contribution in [0.1, 0.15) is 23.0 Å². The number of imidazole rings is 1. The molecule has 20 heavy (non-hydrogen) atoms. The second-order valence-electron chi connectivity index (χ2n) is 5.27. The molecular formula is C15H19BrN4. The average Bonchev–Trinajstić information content (AvgIpc) is 2.91. The summed E-state index contributed by atoms with van der Waals surface area (Å²) in [7, 11) is 0. The van der Waals surface area contributed by atoms with E-state index in [-0.39, 0.29) is 6.04 Å². The van der Waals surface area contributed by atoms with Gasteiger partial charge in [-0.15, -0.1) is 0 Å². The molecule has 0 aliphatic carbocycles. The van der Waals surface area contributed by atoms with Crippen LogP contribution >= 0.6 is 15.9 Å². The summed E-state index contributed by atoms with van der Waals surface area (Å²) < 4.78 is 3.36. The number of halogens is 1. The van der Waals surface area contributed by atoms with Crippen molar-refractivity contribution in [1.29, 1.82) is 0 Å². The van der Waals surface area contributed by atoms with Gasteiger partial charge in [-0.1, -0.05) is 28.1 Å². The molecule has 4 nitrogen and oxygen atoms in total. The van der Waals surface area contributed by atoms with Crippen molar-refractivity contribution < 1.29 is 0 Å². The maximum absolute atomic E-state index is 6.04. The third kappa shape index (κ3) is 2.53. The van der Waals surface area contributed by atoms with Crippen molar-refractivity contribution in [2.24, 2.45) is 5.73 Å². The predicted molar refractivity (Wildman–Crippen MR) is 83.3 cm³/mol. The quantitative estimate of drug-likeness (QED) is 0.937. The molecule has 1 aliphatic rings. The van der Waals surface area contributed by atoms with Crippen LogP contribution in [-0.4, -0.2) is 27.5 Å². The molecule has 2 aromatic rings. The Labute approximate surface area is 127 Å². The third-order valence-electron chi connectivity index (χ3n) is 4.01. The van der Waals surface area contributed by atoms with Gasteiger partial charge in [-0.3, -0.25) is 4.90 Å². The van der Waals surface area contributed by atoms with Crippen molar-refractivity contribution in [3.8, 4) is 0 Å². The number of fused-ring (bicyclic) bond motifs is 1. The van der Waals surface area contributed by atoms with Crippen LogP contribution in [0.3, 0.4) is 0 Å². The Morgan fingerprint density at radius 1 is 1.40 bits per heavy atom. The van der Waals surface area contributed by atoms with Gasteiger partial charge < -0.3 is 10.3 Å². The minimum atomic E-state index is 0.257. The van der Waals surface area contributed by atoms with E-state index in [2.05, 4.69) is 55.5 Å². The van der Waals surface area contributed by atoms with Gasteiger partial charge in [0.1, 0.15) is 5.82 Å². The van der Waals surface area contributed by atoms with Crippen LogP contribution in [0.25, 0.3) is 0 Å². The number of aromatic nitrogens is 2. The second kappa shape index (κ2) is 5.68. The number of hydrogen-bond donors (Lipinski definition) is 1. The summed E-state index contributed by atoms with van der Waals surface area (Å²) >= 11 is 3.55. The Bertz CT molecular complexity index is 608. The molecular weight excluding hydrogens is 316 g/mol. The molecule has 2 N–H and O–H groups in total. The molecule has 1 aromatic carbocycles. The standard InChI is InChI=1S/C15H19BrN4/c1-11-8-12(2-3-13(11)16)14(9-17)20-7-6-19-5-4-18-15(19)10-20/h2-5,8,14H,6-7,9-10,17H2,1H3. The zero-order valence-corrected chi connectivity index (χ0v) is 13.2. The lowest BCUT2D eigenvalue weighted by atomic mass is 10.0. The summed E-state index contributed by atoms with van der Waals surface area (Å²) in [4.78, 5) is 6.84. The highest BCUT2D eigenvalue weighted by Crippen LogP contribution is 2.27. The van der Waals surface area contributed by atoms with E-state index >= 15 is 0 Å². The van der Waals surface area contributed by atoms with Crippen molar-refractivity contribution in [2.45, 2.75) is 26.1 Å². The summed E-state index contributed by atoms with van der Waals surface area (Å²) in [6.07, 6.45) is 3.92. The van der Waals surface area contributed by atoms with Crippen LogP contribution in [0, 0.1) is 6.92 Å². The molecule has 1 aromatic heterocycles. The largest absolute Gasteiger partial charge is 0.333 e. The maximum atomic E-state index is 6.04. The molecule has 2 heterocycles. The van der Waals surface area contributed by atoms with Crippen molar-refractivity contribution in [3.63, 3.8) is 0 Å². The number of hydrogen-bond acceptors (Lipinski definition) is 3. The fourth-order valence-corrected chi connectivity index (χ4v) is 3.08. The molecule has 0 fully saturated rings. The van der Waals surface area contributed by atoms with Gasteiger partial charge in [0.25, 0.3) is 0 Å². The smallest absolute Gasteiger partial charge is 0.122 e. The highest BCUT2D eigenvalue weighted by molar-refractivity contribution is 9.10. The van der Waals surface area contributed by atoms with Crippen LogP contribution < -0.4 is 5.73 Å². The van der Waals surface area contributed by atoms with E-state index < -0.39 is 0 Å². The Balaban J connectivity index is 1.85. The van der Waals surface area contributed by atoms with Crippen LogP contribution in [0.4, 0.5) is 0 Å². The Hall–Kier alpha value is -1.17. The fraction of sp³-hybridized carbons (Fsp3) is 0.400. The SMILES string of the molecule is Cc1cc(C(CN)N2CCn3ccnc3C2)ccc1Br. The summed E-state index contributed by atoms with van der Waals surface area (Å²) in [5, 5.41) is 0. The third-order valence-corrected chi connectivity index (χ3v) is 4.89. The maximum Gasteiger partial charge on any atom is 0.122 e. The molecule has 0 saturated carbocycles. The molecule has 3 rings (SSSR count). The van der Waals surface area contributed by atoms with Gasteiger partial charge in [-0.2, -0.15) is 0 Å². The van der Waals surface area contributed by atoms with Gasteiger partial charge >= 0.3 is 0 Å². The van der Waals surface area contributed by atoms with E-state index in [9.17, 15) is 0 Å². The number of aryl methyl sites for hydroxylation is 1. The minimum absolute atomic E-state index is 0.257. The summed E-state index contributed by atoms with van der Waals surface area (Å²) in [5.41, 5.74) is 8.57. The first-order valence-corrected chi connectivity index (χ1v) is 7.68. The van der Waals surface area contributed by atoms with Gasteiger partial charge in [0.2, 0.25) is 0 Å². The Morgan fingerprint density at radius 2 is 2.25 bits per heavy atom. The van der Waals surface area contributed by atoms with Gasteiger partial charge in [0.05, 0.1) is 6.54 Å². The topological polar surface area (TPSA) is 47.1 Å². The lowest BCUT2D eigenvalue weighted by Crippen LogP contribution is -2.39. The van der Waals surface area contributed by atoms with E-state index in [1.165, 1.54) is 11.1 Å². The molecule has 1 unspecified atom stereocenters. The number of benzene rings is 1. The first-order chi connectivity index (χ1) is 9.69. The number of rotatable bonds is 3. The van der Waals surface area contributed by atoms with Crippen molar-refractivity contribution >= 4 is 15.9 Å². The Morgan fingerprint density at radius 3 is 3.00 bits per heavy atom. The molecule has 0 saturated heterocycles. The zero-order valence-electron chi connectivity index (χ0n) is 11.6. The van der Waals surface area contributed by atoms with E-state index in [1.54, 1.807) is 0 Å². The van der Waals surface area contributed by atoms with Crippen LogP contribution in [-0.2, 0) is 13.1 Å². The molecule has 1 aliphatic heterocycles.